The summed E-state index contributed by atoms with van der Waals surface area (Å²) in [6.07, 6.45) is 9.27. The summed E-state index contributed by atoms with van der Waals surface area (Å²) in [6, 6.07) is 6.09. The summed E-state index contributed by atoms with van der Waals surface area (Å²) >= 11 is 4.84. The number of H-pyrrole nitrogens is 2. The number of nitrogens with zero attached hydrogens (tertiary/aromatic N) is 3. The molecule has 0 saturated heterocycles. The van der Waals surface area contributed by atoms with E-state index in [1.807, 2.05) is 29.3 Å². The quantitative estimate of drug-likeness (QED) is 0.370. The van der Waals surface area contributed by atoms with Gasteiger partial charge in [0.05, 0.1) is 17.4 Å². The molecule has 3 atom stereocenters. The van der Waals surface area contributed by atoms with Crippen LogP contribution >= 0.6 is 12.6 Å². The average Bonchev–Trinajstić information content (AvgIpc) is 3.36. The van der Waals surface area contributed by atoms with Crippen LogP contribution in [0.25, 0.3) is 11.0 Å². The van der Waals surface area contributed by atoms with Crippen molar-refractivity contribution in [1.82, 2.24) is 30.2 Å². The Bertz CT molecular complexity index is 907. The number of nitrogens with one attached hydrogen (secondary N) is 3. The van der Waals surface area contributed by atoms with E-state index < -0.39 is 0 Å². The standard InChI is InChI=1S/C21H28N6OS/c1-2-27(21(28)19-10-17-16(26-19)6-4-8-23-17)15-5-3-7-20(29)18(9-15)24-12-14-11-22-13-25-14/h4,6,8,10-11,13,15,18,20,24,26,29H,2-3,5,7,9,12H2,1H3,(H,22,25)/t15-,18-,20-/m0/s1. The second-order valence-corrected chi connectivity index (χ2v) is 8.33. The van der Waals surface area contributed by atoms with Gasteiger partial charge >= 0.3 is 0 Å². The molecular formula is C21H28N6OS. The monoisotopic (exact) mass is 412 g/mol. The Labute approximate surface area is 176 Å². The summed E-state index contributed by atoms with van der Waals surface area (Å²) in [5, 5.41) is 3.89. The summed E-state index contributed by atoms with van der Waals surface area (Å²) in [5.41, 5.74) is 3.37. The molecule has 0 bridgehead atoms. The lowest BCUT2D eigenvalue weighted by atomic mass is 10.0. The van der Waals surface area contributed by atoms with Crippen molar-refractivity contribution in [3.8, 4) is 0 Å². The molecule has 0 unspecified atom stereocenters. The van der Waals surface area contributed by atoms with Gasteiger partial charge in [-0.05, 0) is 44.4 Å². The van der Waals surface area contributed by atoms with Crippen LogP contribution in [0.5, 0.6) is 0 Å². The van der Waals surface area contributed by atoms with Gasteiger partial charge in [0.1, 0.15) is 5.69 Å². The van der Waals surface area contributed by atoms with Crippen LogP contribution in [0.3, 0.4) is 0 Å². The molecule has 1 saturated carbocycles. The Kier molecular flexibility index (Phi) is 6.20. The Hall–Kier alpha value is -2.32. The molecule has 29 heavy (non-hydrogen) atoms. The van der Waals surface area contributed by atoms with Crippen molar-refractivity contribution in [2.75, 3.05) is 6.54 Å². The van der Waals surface area contributed by atoms with Crippen molar-refractivity contribution >= 4 is 29.6 Å². The minimum atomic E-state index is 0.0421. The lowest BCUT2D eigenvalue weighted by molar-refractivity contribution is 0.0660. The lowest BCUT2D eigenvalue weighted by Gasteiger charge is -2.32. The number of thiol groups is 1. The molecule has 8 heteroatoms. The zero-order valence-corrected chi connectivity index (χ0v) is 17.5. The van der Waals surface area contributed by atoms with E-state index in [2.05, 4.69) is 32.2 Å². The van der Waals surface area contributed by atoms with E-state index in [1.165, 1.54) is 0 Å². The van der Waals surface area contributed by atoms with Crippen molar-refractivity contribution in [3.63, 3.8) is 0 Å². The molecule has 3 heterocycles. The summed E-state index contributed by atoms with van der Waals surface area (Å²) < 4.78 is 0. The Balaban J connectivity index is 1.49. The summed E-state index contributed by atoms with van der Waals surface area (Å²) in [7, 11) is 0. The second kappa shape index (κ2) is 9.00. The van der Waals surface area contributed by atoms with Crippen LogP contribution < -0.4 is 5.32 Å². The zero-order chi connectivity index (χ0) is 20.2. The van der Waals surface area contributed by atoms with Gasteiger partial charge in [-0.25, -0.2) is 4.98 Å². The third-order valence-electron chi connectivity index (χ3n) is 5.80. The van der Waals surface area contributed by atoms with Crippen LogP contribution in [-0.2, 0) is 6.54 Å². The van der Waals surface area contributed by atoms with Gasteiger partial charge in [-0.15, -0.1) is 0 Å². The maximum absolute atomic E-state index is 13.3. The normalized spacial score (nSPS) is 22.5. The van der Waals surface area contributed by atoms with Crippen molar-refractivity contribution in [1.29, 1.82) is 0 Å². The van der Waals surface area contributed by atoms with Crippen molar-refractivity contribution in [3.05, 3.63) is 48.3 Å². The smallest absolute Gasteiger partial charge is 0.270 e. The number of pyridine rings is 1. The summed E-state index contributed by atoms with van der Waals surface area (Å²) in [4.78, 5) is 30.1. The van der Waals surface area contributed by atoms with Crippen LogP contribution in [-0.4, -0.2) is 54.6 Å². The number of aromatic nitrogens is 4. The molecule has 1 fully saturated rings. The molecule has 7 nitrogen and oxygen atoms in total. The van der Waals surface area contributed by atoms with Gasteiger partial charge in [-0.2, -0.15) is 12.6 Å². The molecule has 3 aromatic rings. The van der Waals surface area contributed by atoms with Crippen LogP contribution in [0.15, 0.2) is 36.9 Å². The molecule has 0 aliphatic heterocycles. The number of hydrogen-bond donors (Lipinski definition) is 4. The molecule has 3 N–H and O–H groups in total. The summed E-state index contributed by atoms with van der Waals surface area (Å²) in [6.45, 7) is 3.45. The molecule has 0 radical (unpaired) electrons. The van der Waals surface area contributed by atoms with E-state index in [0.717, 1.165) is 49.0 Å². The van der Waals surface area contributed by atoms with E-state index in [0.29, 0.717) is 12.2 Å². The fourth-order valence-corrected chi connectivity index (χ4v) is 4.66. The first-order valence-corrected chi connectivity index (χ1v) is 10.8. The van der Waals surface area contributed by atoms with E-state index >= 15 is 0 Å². The largest absolute Gasteiger partial charge is 0.349 e. The number of carbonyl (C=O) groups excluding carboxylic acids is 1. The molecule has 1 amide bonds. The first-order chi connectivity index (χ1) is 14.2. The van der Waals surface area contributed by atoms with Gasteiger partial charge in [-0.3, -0.25) is 9.78 Å². The highest BCUT2D eigenvalue weighted by Gasteiger charge is 2.31. The predicted octanol–water partition coefficient (Wildman–Crippen LogP) is 3.15. The minimum Gasteiger partial charge on any atom is -0.349 e. The van der Waals surface area contributed by atoms with E-state index in [4.69, 9.17) is 12.6 Å². The number of imidazole rings is 1. The van der Waals surface area contributed by atoms with Crippen LogP contribution in [0, 0.1) is 0 Å². The number of rotatable bonds is 6. The average molecular weight is 413 g/mol. The molecule has 0 spiro atoms. The van der Waals surface area contributed by atoms with Gasteiger partial charge in [-0.1, -0.05) is 6.42 Å². The SMILES string of the molecule is CCN(C(=O)c1cc2ncccc2[nH]1)[C@H]1CCC[C@H](S)[C@@H](NCc2cnc[nH]2)C1. The Morgan fingerprint density at radius 1 is 1.41 bits per heavy atom. The van der Waals surface area contributed by atoms with Crippen molar-refractivity contribution in [2.45, 2.75) is 56.5 Å². The second-order valence-electron chi connectivity index (χ2n) is 7.66. The maximum atomic E-state index is 13.3. The Morgan fingerprint density at radius 2 is 2.31 bits per heavy atom. The highest BCUT2D eigenvalue weighted by atomic mass is 32.1. The first-order valence-electron chi connectivity index (χ1n) is 10.3. The lowest BCUT2D eigenvalue weighted by Crippen LogP contribution is -2.45. The highest BCUT2D eigenvalue weighted by molar-refractivity contribution is 7.81. The number of aromatic amines is 2. The maximum Gasteiger partial charge on any atom is 0.270 e. The molecule has 154 valence electrons. The van der Waals surface area contributed by atoms with E-state index in [9.17, 15) is 4.79 Å². The van der Waals surface area contributed by atoms with E-state index in [1.54, 1.807) is 12.5 Å². The van der Waals surface area contributed by atoms with Gasteiger partial charge in [0.2, 0.25) is 0 Å². The van der Waals surface area contributed by atoms with Crippen molar-refractivity contribution < 1.29 is 4.79 Å². The molecule has 1 aliphatic rings. The molecule has 4 rings (SSSR count). The third kappa shape index (κ3) is 4.48. The first kappa shape index (κ1) is 20.0. The number of amides is 1. The molecular weight excluding hydrogens is 384 g/mol. The number of hydrogen-bond acceptors (Lipinski definition) is 5. The molecule has 0 aromatic carbocycles. The molecule has 1 aliphatic carbocycles. The number of fused-ring (bicyclic) bond motifs is 1. The molecule has 3 aromatic heterocycles. The van der Waals surface area contributed by atoms with E-state index in [-0.39, 0.29) is 23.2 Å². The van der Waals surface area contributed by atoms with Gasteiger partial charge in [0.25, 0.3) is 5.91 Å². The fraction of sp³-hybridized carbons (Fsp3) is 0.476. The van der Waals surface area contributed by atoms with Crippen molar-refractivity contribution in [2.24, 2.45) is 0 Å². The zero-order valence-electron chi connectivity index (χ0n) is 16.6. The third-order valence-corrected chi connectivity index (χ3v) is 6.42. The summed E-state index contributed by atoms with van der Waals surface area (Å²) in [5.74, 6) is 0.0421. The highest BCUT2D eigenvalue weighted by Crippen LogP contribution is 2.27. The van der Waals surface area contributed by atoms with Crippen LogP contribution in [0.1, 0.15) is 48.8 Å². The van der Waals surface area contributed by atoms with Gasteiger partial charge < -0.3 is 20.2 Å². The van der Waals surface area contributed by atoms with Crippen LogP contribution in [0.2, 0.25) is 0 Å². The van der Waals surface area contributed by atoms with Crippen LogP contribution in [0.4, 0.5) is 0 Å². The predicted molar refractivity (Wildman–Crippen MR) is 117 cm³/mol. The number of carbonyl (C=O) groups is 1. The topological polar surface area (TPSA) is 89.7 Å². The van der Waals surface area contributed by atoms with Gasteiger partial charge in [0, 0.05) is 48.5 Å². The Morgan fingerprint density at radius 3 is 3.07 bits per heavy atom. The van der Waals surface area contributed by atoms with Gasteiger partial charge in [0.15, 0.2) is 0 Å². The minimum absolute atomic E-state index is 0.0421. The fourth-order valence-electron chi connectivity index (χ4n) is 4.25.